The normalized spacial score (nSPS) is 13.9. The lowest BCUT2D eigenvalue weighted by atomic mass is 10.2. The fourth-order valence-corrected chi connectivity index (χ4v) is 3.58. The molecule has 2 heterocycles. The lowest BCUT2D eigenvalue weighted by molar-refractivity contribution is 0.222. The van der Waals surface area contributed by atoms with Crippen molar-refractivity contribution in [3.63, 3.8) is 0 Å². The van der Waals surface area contributed by atoms with Crippen molar-refractivity contribution in [2.75, 3.05) is 25.0 Å². The number of guanidine groups is 1. The van der Waals surface area contributed by atoms with Gasteiger partial charge in [-0.1, -0.05) is 18.2 Å². The van der Waals surface area contributed by atoms with Crippen LogP contribution in [0.15, 0.2) is 46.8 Å². The van der Waals surface area contributed by atoms with Crippen molar-refractivity contribution in [2.45, 2.75) is 25.8 Å². The molecule has 2 aromatic rings. The van der Waals surface area contributed by atoms with Crippen LogP contribution in [0.4, 0.5) is 10.5 Å². The van der Waals surface area contributed by atoms with Crippen molar-refractivity contribution in [2.24, 2.45) is 10.7 Å². The number of carbonyl (C=O) groups excluding carboxylic acids is 1. The average Bonchev–Trinajstić information content (AvgIpc) is 3.34. The van der Waals surface area contributed by atoms with Crippen LogP contribution in [-0.4, -0.2) is 36.5 Å². The minimum atomic E-state index is -0.0297. The molecule has 6 nitrogen and oxygen atoms in total. The number of anilines is 1. The second-order valence-electron chi connectivity index (χ2n) is 6.28. The third-order valence-electron chi connectivity index (χ3n) is 4.26. The average molecular weight is 499 g/mol. The Morgan fingerprint density at radius 1 is 1.22 bits per heavy atom. The van der Waals surface area contributed by atoms with Gasteiger partial charge in [-0.05, 0) is 48.4 Å². The van der Waals surface area contributed by atoms with Gasteiger partial charge in [-0.15, -0.1) is 35.3 Å². The smallest absolute Gasteiger partial charge is 0.321 e. The first kappa shape index (κ1) is 21.5. The Morgan fingerprint density at radius 2 is 2.04 bits per heavy atom. The summed E-state index contributed by atoms with van der Waals surface area (Å²) in [6.45, 7) is 2.92. The summed E-state index contributed by atoms with van der Waals surface area (Å²) < 4.78 is 0. The molecule has 0 atom stereocenters. The van der Waals surface area contributed by atoms with Crippen LogP contribution in [0.1, 0.15) is 23.3 Å². The first-order valence-electron chi connectivity index (χ1n) is 8.92. The summed E-state index contributed by atoms with van der Waals surface area (Å²) in [6.07, 6.45) is 3.10. The van der Waals surface area contributed by atoms with Gasteiger partial charge in [-0.25, -0.2) is 9.79 Å². The molecule has 0 unspecified atom stereocenters. The van der Waals surface area contributed by atoms with E-state index in [1.54, 1.807) is 11.3 Å². The monoisotopic (exact) mass is 499 g/mol. The zero-order valence-corrected chi connectivity index (χ0v) is 18.3. The first-order valence-corrected chi connectivity index (χ1v) is 9.80. The van der Waals surface area contributed by atoms with Crippen molar-refractivity contribution < 1.29 is 4.79 Å². The van der Waals surface area contributed by atoms with Gasteiger partial charge >= 0.3 is 6.03 Å². The number of benzene rings is 1. The maximum Gasteiger partial charge on any atom is 0.321 e. The molecule has 0 spiro atoms. The van der Waals surface area contributed by atoms with E-state index < -0.39 is 0 Å². The van der Waals surface area contributed by atoms with Crippen LogP contribution in [-0.2, 0) is 13.0 Å². The fourth-order valence-electron chi connectivity index (χ4n) is 2.87. The van der Waals surface area contributed by atoms with Crippen molar-refractivity contribution in [3.8, 4) is 0 Å². The van der Waals surface area contributed by atoms with E-state index in [1.165, 1.54) is 4.88 Å². The number of hydrogen-bond acceptors (Lipinski definition) is 3. The van der Waals surface area contributed by atoms with Gasteiger partial charge < -0.3 is 21.3 Å². The molecule has 1 aliphatic heterocycles. The summed E-state index contributed by atoms with van der Waals surface area (Å²) in [4.78, 5) is 19.7. The highest BCUT2D eigenvalue weighted by atomic mass is 127. The second-order valence-corrected chi connectivity index (χ2v) is 7.31. The SMILES string of the molecule is I.NC(=NCc1cccc(NC(=O)N2CCCC2)c1)NCCc1cccs1. The van der Waals surface area contributed by atoms with E-state index >= 15 is 0 Å². The summed E-state index contributed by atoms with van der Waals surface area (Å²) in [6, 6.07) is 11.9. The molecule has 1 aromatic heterocycles. The topological polar surface area (TPSA) is 82.7 Å². The Labute approximate surface area is 181 Å². The third kappa shape index (κ3) is 7.02. The Kier molecular flexibility index (Phi) is 8.86. The summed E-state index contributed by atoms with van der Waals surface area (Å²) in [5.41, 5.74) is 7.73. The predicted octanol–water partition coefficient (Wildman–Crippen LogP) is 3.64. The molecule has 1 aromatic carbocycles. The van der Waals surface area contributed by atoms with E-state index in [0.29, 0.717) is 12.5 Å². The summed E-state index contributed by atoms with van der Waals surface area (Å²) in [5, 5.41) is 8.16. The highest BCUT2D eigenvalue weighted by molar-refractivity contribution is 14.0. The van der Waals surface area contributed by atoms with E-state index in [2.05, 4.69) is 27.1 Å². The molecule has 146 valence electrons. The molecule has 27 heavy (non-hydrogen) atoms. The van der Waals surface area contributed by atoms with Gasteiger partial charge in [0.25, 0.3) is 0 Å². The zero-order chi connectivity index (χ0) is 18.2. The van der Waals surface area contributed by atoms with Crippen molar-refractivity contribution in [1.29, 1.82) is 0 Å². The quantitative estimate of drug-likeness (QED) is 0.323. The number of halogens is 1. The molecule has 4 N–H and O–H groups in total. The van der Waals surface area contributed by atoms with Crippen molar-refractivity contribution in [3.05, 3.63) is 52.2 Å². The van der Waals surface area contributed by atoms with Gasteiger partial charge in [0.05, 0.1) is 6.54 Å². The Hall–Kier alpha value is -1.81. The molecular formula is C19H26IN5OS. The number of nitrogens with two attached hydrogens (primary N) is 1. The molecular weight excluding hydrogens is 473 g/mol. The highest BCUT2D eigenvalue weighted by Crippen LogP contribution is 2.14. The van der Waals surface area contributed by atoms with Gasteiger partial charge in [0, 0.05) is 30.2 Å². The van der Waals surface area contributed by atoms with Crippen LogP contribution in [0.2, 0.25) is 0 Å². The van der Waals surface area contributed by atoms with Gasteiger partial charge in [0.2, 0.25) is 0 Å². The number of urea groups is 1. The number of nitrogens with zero attached hydrogens (tertiary/aromatic N) is 2. The number of nitrogens with one attached hydrogen (secondary N) is 2. The second kappa shape index (κ2) is 11.1. The zero-order valence-electron chi connectivity index (χ0n) is 15.2. The Morgan fingerprint density at radius 3 is 2.78 bits per heavy atom. The maximum atomic E-state index is 12.2. The lowest BCUT2D eigenvalue weighted by Crippen LogP contribution is -2.33. The molecule has 1 saturated heterocycles. The van der Waals surface area contributed by atoms with Gasteiger partial charge in [-0.2, -0.15) is 0 Å². The molecule has 1 fully saturated rings. The molecule has 8 heteroatoms. The Bertz CT molecular complexity index is 744. The molecule has 0 bridgehead atoms. The van der Waals surface area contributed by atoms with Crippen LogP contribution >= 0.6 is 35.3 Å². The predicted molar refractivity (Wildman–Crippen MR) is 123 cm³/mol. The molecule has 0 radical (unpaired) electrons. The summed E-state index contributed by atoms with van der Waals surface area (Å²) >= 11 is 1.74. The fraction of sp³-hybridized carbons (Fsp3) is 0.368. The van der Waals surface area contributed by atoms with E-state index in [4.69, 9.17) is 5.73 Å². The van der Waals surface area contributed by atoms with Crippen LogP contribution < -0.4 is 16.4 Å². The van der Waals surface area contributed by atoms with Gasteiger partial charge in [0.15, 0.2) is 5.96 Å². The number of amides is 2. The van der Waals surface area contributed by atoms with Crippen LogP contribution in [0.25, 0.3) is 0 Å². The Balaban J connectivity index is 0.00000261. The van der Waals surface area contributed by atoms with E-state index in [9.17, 15) is 4.79 Å². The number of likely N-dealkylation sites (tertiary alicyclic amines) is 1. The molecule has 0 aliphatic carbocycles. The molecule has 2 amide bonds. The van der Waals surface area contributed by atoms with Crippen molar-refractivity contribution >= 4 is 53.0 Å². The maximum absolute atomic E-state index is 12.2. The standard InChI is InChI=1S/C19H25N5OS.HI/c20-18(21-9-8-17-7-4-12-26-17)22-14-15-5-3-6-16(13-15)23-19(25)24-10-1-2-11-24;/h3-7,12-13H,1-2,8-11,14H2,(H,23,25)(H3,20,21,22);1H. The lowest BCUT2D eigenvalue weighted by Gasteiger charge is -2.16. The van der Waals surface area contributed by atoms with Crippen LogP contribution in [0, 0.1) is 0 Å². The van der Waals surface area contributed by atoms with E-state index in [1.807, 2.05) is 35.2 Å². The van der Waals surface area contributed by atoms with E-state index in [-0.39, 0.29) is 30.0 Å². The molecule has 3 rings (SSSR count). The first-order chi connectivity index (χ1) is 12.7. The molecule has 1 aliphatic rings. The van der Waals surface area contributed by atoms with Crippen LogP contribution in [0.5, 0.6) is 0 Å². The van der Waals surface area contributed by atoms with E-state index in [0.717, 1.165) is 50.1 Å². The number of hydrogen-bond donors (Lipinski definition) is 3. The largest absolute Gasteiger partial charge is 0.370 e. The highest BCUT2D eigenvalue weighted by Gasteiger charge is 2.17. The van der Waals surface area contributed by atoms with Gasteiger partial charge in [-0.3, -0.25) is 0 Å². The minimum Gasteiger partial charge on any atom is -0.370 e. The minimum absolute atomic E-state index is 0. The summed E-state index contributed by atoms with van der Waals surface area (Å²) in [7, 11) is 0. The molecule has 0 saturated carbocycles. The number of thiophene rings is 1. The van der Waals surface area contributed by atoms with Gasteiger partial charge in [0.1, 0.15) is 0 Å². The number of aliphatic imine (C=N–C) groups is 1. The third-order valence-corrected chi connectivity index (χ3v) is 5.20. The van der Waals surface area contributed by atoms with Crippen LogP contribution in [0.3, 0.4) is 0 Å². The number of rotatable bonds is 6. The number of carbonyl (C=O) groups is 1. The summed E-state index contributed by atoms with van der Waals surface area (Å²) in [5.74, 6) is 0.438. The van der Waals surface area contributed by atoms with Crippen molar-refractivity contribution in [1.82, 2.24) is 10.2 Å².